The molecule has 0 saturated carbocycles. The molecule has 28 heavy (non-hydrogen) atoms. The Balaban J connectivity index is 1.46. The van der Waals surface area contributed by atoms with E-state index < -0.39 is 0 Å². The van der Waals surface area contributed by atoms with Crippen LogP contribution in [0.3, 0.4) is 0 Å². The largest absolute Gasteiger partial charge is 0.321 e. The van der Waals surface area contributed by atoms with Crippen LogP contribution in [-0.4, -0.2) is 31.5 Å². The van der Waals surface area contributed by atoms with Crippen LogP contribution < -0.4 is 5.43 Å². The summed E-state index contributed by atoms with van der Waals surface area (Å²) in [4.78, 5) is 16.5. The number of aromatic nitrogens is 4. The highest BCUT2D eigenvalue weighted by Crippen LogP contribution is 2.21. The number of aryl methyl sites for hydroxylation is 1. The number of carbonyl (C=O) groups is 1. The lowest BCUT2D eigenvalue weighted by Gasteiger charge is -2.03. The van der Waals surface area contributed by atoms with Gasteiger partial charge in [0.25, 0.3) is 5.91 Å². The molecule has 0 aliphatic rings. The number of imidazole rings is 1. The predicted molar refractivity (Wildman–Crippen MR) is 109 cm³/mol. The van der Waals surface area contributed by atoms with E-state index >= 15 is 0 Å². The number of fused-ring (bicyclic) bond motifs is 1. The van der Waals surface area contributed by atoms with E-state index in [0.29, 0.717) is 16.4 Å². The minimum atomic E-state index is -0.261. The zero-order valence-electron chi connectivity index (χ0n) is 15.1. The van der Waals surface area contributed by atoms with Crippen molar-refractivity contribution < 1.29 is 4.79 Å². The fourth-order valence-electron chi connectivity index (χ4n) is 2.89. The van der Waals surface area contributed by atoms with Crippen LogP contribution in [0.2, 0.25) is 5.15 Å². The molecule has 0 unspecified atom stereocenters. The monoisotopic (exact) mass is 392 g/mol. The molecule has 0 bridgehead atoms. The normalized spacial score (nSPS) is 11.4. The number of hydrazone groups is 1. The average molecular weight is 393 g/mol. The number of hydrogen-bond acceptors (Lipinski definition) is 4. The third-order valence-corrected chi connectivity index (χ3v) is 4.64. The number of hydrogen-bond donors (Lipinski definition) is 1. The summed E-state index contributed by atoms with van der Waals surface area (Å²) < 4.78 is 3.41. The van der Waals surface area contributed by atoms with E-state index in [2.05, 4.69) is 20.6 Å². The molecule has 4 aromatic rings. The second kappa shape index (κ2) is 7.66. The van der Waals surface area contributed by atoms with Gasteiger partial charge in [-0.3, -0.25) is 4.79 Å². The van der Waals surface area contributed by atoms with Crippen molar-refractivity contribution in [3.05, 3.63) is 77.3 Å². The van der Waals surface area contributed by atoms with E-state index in [4.69, 9.17) is 11.6 Å². The Hall–Kier alpha value is -3.45. The van der Waals surface area contributed by atoms with Gasteiger partial charge in [0.2, 0.25) is 0 Å². The lowest BCUT2D eigenvalue weighted by atomic mass is 10.3. The highest BCUT2D eigenvalue weighted by Gasteiger charge is 2.13. The number of carbonyl (C=O) groups excluding carboxylic acids is 1. The van der Waals surface area contributed by atoms with Gasteiger partial charge >= 0.3 is 0 Å². The van der Waals surface area contributed by atoms with Gasteiger partial charge in [-0.2, -0.15) is 10.2 Å². The maximum atomic E-state index is 12.2. The van der Waals surface area contributed by atoms with Crippen LogP contribution >= 0.6 is 11.6 Å². The summed E-state index contributed by atoms with van der Waals surface area (Å²) in [5.41, 5.74) is 6.48. The van der Waals surface area contributed by atoms with Crippen LogP contribution in [0, 0.1) is 6.92 Å². The summed E-state index contributed by atoms with van der Waals surface area (Å²) in [6.45, 7) is 1.96. The van der Waals surface area contributed by atoms with Crippen molar-refractivity contribution in [1.29, 1.82) is 0 Å². The molecule has 0 aliphatic carbocycles. The molecule has 2 aromatic heterocycles. The van der Waals surface area contributed by atoms with Crippen molar-refractivity contribution in [3.63, 3.8) is 0 Å². The van der Waals surface area contributed by atoms with Crippen LogP contribution in [0.15, 0.2) is 66.0 Å². The maximum absolute atomic E-state index is 12.2. The first-order valence-corrected chi connectivity index (χ1v) is 9.03. The molecule has 2 heterocycles. The van der Waals surface area contributed by atoms with Crippen molar-refractivity contribution in [1.82, 2.24) is 24.8 Å². The van der Waals surface area contributed by atoms with Crippen LogP contribution in [0.1, 0.15) is 11.3 Å². The minimum Gasteiger partial charge on any atom is -0.321 e. The van der Waals surface area contributed by atoms with Crippen molar-refractivity contribution in [2.75, 3.05) is 0 Å². The van der Waals surface area contributed by atoms with Gasteiger partial charge in [-0.25, -0.2) is 15.1 Å². The second-order valence-corrected chi connectivity index (χ2v) is 6.55. The molecule has 7 nitrogen and oxygen atoms in total. The molecular formula is C20H17ClN6O. The van der Waals surface area contributed by atoms with Gasteiger partial charge in [0.15, 0.2) is 0 Å². The Morgan fingerprint density at radius 3 is 2.75 bits per heavy atom. The van der Waals surface area contributed by atoms with E-state index in [-0.39, 0.29) is 12.5 Å². The van der Waals surface area contributed by atoms with Crippen LogP contribution in [0.25, 0.3) is 16.7 Å². The highest BCUT2D eigenvalue weighted by atomic mass is 35.5. The lowest BCUT2D eigenvalue weighted by Crippen LogP contribution is -2.22. The van der Waals surface area contributed by atoms with Crippen LogP contribution in [-0.2, 0) is 11.3 Å². The Labute approximate surface area is 166 Å². The number of benzene rings is 2. The van der Waals surface area contributed by atoms with Gasteiger partial charge in [0.1, 0.15) is 11.7 Å². The Morgan fingerprint density at radius 2 is 1.93 bits per heavy atom. The van der Waals surface area contributed by atoms with Crippen molar-refractivity contribution in [3.8, 4) is 5.69 Å². The standard InChI is InChI=1S/C20H17ClN6O/c1-14-16(20(21)27(25-14)15-7-3-2-4-8-15)11-23-24-19(28)12-26-13-22-17-9-5-6-10-18(17)26/h2-11,13H,12H2,1H3,(H,24,28). The second-order valence-electron chi connectivity index (χ2n) is 6.19. The molecule has 140 valence electrons. The molecule has 0 atom stereocenters. The number of rotatable bonds is 5. The van der Waals surface area contributed by atoms with E-state index in [1.54, 1.807) is 15.6 Å². The first-order chi connectivity index (χ1) is 13.6. The molecule has 0 fully saturated rings. The summed E-state index contributed by atoms with van der Waals surface area (Å²) in [6, 6.07) is 17.2. The molecule has 0 aliphatic heterocycles. The molecule has 1 amide bonds. The number of nitrogens with one attached hydrogen (secondary N) is 1. The predicted octanol–water partition coefficient (Wildman–Crippen LogP) is 3.33. The summed E-state index contributed by atoms with van der Waals surface area (Å²) in [7, 11) is 0. The number of halogens is 1. The van der Waals surface area contributed by atoms with E-state index in [1.807, 2.05) is 61.5 Å². The SMILES string of the molecule is Cc1nn(-c2ccccc2)c(Cl)c1C=NNC(=O)Cn1cnc2ccccc21. The fourth-order valence-corrected chi connectivity index (χ4v) is 3.21. The van der Waals surface area contributed by atoms with Crippen molar-refractivity contribution in [2.45, 2.75) is 13.5 Å². The molecule has 1 N–H and O–H groups in total. The van der Waals surface area contributed by atoms with Gasteiger partial charge in [0.05, 0.1) is 40.5 Å². The summed E-state index contributed by atoms with van der Waals surface area (Å²) >= 11 is 6.44. The molecule has 2 aromatic carbocycles. The highest BCUT2D eigenvalue weighted by molar-refractivity contribution is 6.32. The Morgan fingerprint density at radius 1 is 1.18 bits per heavy atom. The number of nitrogens with zero attached hydrogens (tertiary/aromatic N) is 5. The van der Waals surface area contributed by atoms with Crippen LogP contribution in [0.4, 0.5) is 0 Å². The van der Waals surface area contributed by atoms with Gasteiger partial charge in [0, 0.05) is 0 Å². The topological polar surface area (TPSA) is 77.1 Å². The van der Waals surface area contributed by atoms with Crippen molar-refractivity contribution in [2.24, 2.45) is 5.10 Å². The smallest absolute Gasteiger partial charge is 0.260 e. The first kappa shape index (κ1) is 17.9. The van der Waals surface area contributed by atoms with Gasteiger partial charge < -0.3 is 4.57 Å². The zero-order chi connectivity index (χ0) is 19.5. The maximum Gasteiger partial charge on any atom is 0.260 e. The zero-order valence-corrected chi connectivity index (χ0v) is 15.8. The Bertz CT molecular complexity index is 1160. The third kappa shape index (κ3) is 3.52. The quantitative estimate of drug-likeness (QED) is 0.418. The van der Waals surface area contributed by atoms with Gasteiger partial charge in [-0.15, -0.1) is 0 Å². The van der Waals surface area contributed by atoms with Gasteiger partial charge in [-0.05, 0) is 31.2 Å². The molecule has 0 radical (unpaired) electrons. The molecular weight excluding hydrogens is 376 g/mol. The summed E-state index contributed by atoms with van der Waals surface area (Å²) in [5.74, 6) is -0.261. The lowest BCUT2D eigenvalue weighted by molar-refractivity contribution is -0.121. The molecule has 4 rings (SSSR count). The van der Waals surface area contributed by atoms with E-state index in [1.165, 1.54) is 6.21 Å². The molecule has 8 heteroatoms. The molecule has 0 saturated heterocycles. The molecule has 0 spiro atoms. The first-order valence-electron chi connectivity index (χ1n) is 8.66. The summed E-state index contributed by atoms with van der Waals surface area (Å²) in [5, 5.41) is 8.91. The van der Waals surface area contributed by atoms with E-state index in [9.17, 15) is 4.79 Å². The average Bonchev–Trinajstić information content (AvgIpc) is 3.24. The van der Waals surface area contributed by atoms with Crippen molar-refractivity contribution >= 4 is 34.8 Å². The minimum absolute atomic E-state index is 0.119. The van der Waals surface area contributed by atoms with Gasteiger partial charge in [-0.1, -0.05) is 41.9 Å². The third-order valence-electron chi connectivity index (χ3n) is 4.27. The Kier molecular flexibility index (Phi) is 4.90. The fraction of sp³-hybridized carbons (Fsp3) is 0.100. The number of amides is 1. The number of para-hydroxylation sites is 3. The van der Waals surface area contributed by atoms with E-state index in [0.717, 1.165) is 16.7 Å². The summed E-state index contributed by atoms with van der Waals surface area (Å²) in [6.07, 6.45) is 3.15. The van der Waals surface area contributed by atoms with Crippen LogP contribution in [0.5, 0.6) is 0 Å².